The molecular weight excluding hydrogens is 328 g/mol. The number of carboxylic acids is 1. The van der Waals surface area contributed by atoms with E-state index in [9.17, 15) is 9.90 Å². The SMILES string of the molecule is CN1CCN(C2c3ccccc3COc3ccc(CC(=O)O)cc32)CC1. The smallest absolute Gasteiger partial charge is 0.307 e. The van der Waals surface area contributed by atoms with Crippen molar-refractivity contribution in [1.82, 2.24) is 9.80 Å². The quantitative estimate of drug-likeness (QED) is 0.920. The lowest BCUT2D eigenvalue weighted by atomic mass is 9.91. The fourth-order valence-corrected chi connectivity index (χ4v) is 3.96. The maximum Gasteiger partial charge on any atom is 0.307 e. The highest BCUT2D eigenvalue weighted by Gasteiger charge is 2.31. The average molecular weight is 352 g/mol. The van der Waals surface area contributed by atoms with Gasteiger partial charge in [-0.3, -0.25) is 9.69 Å². The molecule has 1 saturated heterocycles. The summed E-state index contributed by atoms with van der Waals surface area (Å²) in [4.78, 5) is 16.0. The standard InChI is InChI=1S/C21H24N2O3/c1-22-8-10-23(11-9-22)21-17-5-3-2-4-16(17)14-26-19-7-6-15(12-18(19)21)13-20(24)25/h2-7,12,21H,8-11,13-14H2,1H3,(H,24,25). The summed E-state index contributed by atoms with van der Waals surface area (Å²) in [6, 6.07) is 14.4. The van der Waals surface area contributed by atoms with E-state index in [0.29, 0.717) is 6.61 Å². The Labute approximate surface area is 153 Å². The lowest BCUT2D eigenvalue weighted by Gasteiger charge is -2.38. The van der Waals surface area contributed by atoms with Gasteiger partial charge in [0.15, 0.2) is 0 Å². The summed E-state index contributed by atoms with van der Waals surface area (Å²) in [6.07, 6.45) is 0.0321. The number of fused-ring (bicyclic) bond motifs is 2. The summed E-state index contributed by atoms with van der Waals surface area (Å²) in [5.74, 6) is 0.0512. The number of benzene rings is 2. The molecule has 26 heavy (non-hydrogen) atoms. The molecule has 2 aliphatic heterocycles. The molecule has 1 atom stereocenters. The lowest BCUT2D eigenvalue weighted by molar-refractivity contribution is -0.136. The number of aliphatic carboxylic acids is 1. The van der Waals surface area contributed by atoms with E-state index < -0.39 is 5.97 Å². The number of likely N-dealkylation sites (N-methyl/N-ethyl adjacent to an activating group) is 1. The minimum atomic E-state index is -0.809. The molecule has 2 aromatic carbocycles. The Morgan fingerprint density at radius 3 is 2.65 bits per heavy atom. The van der Waals surface area contributed by atoms with Crippen LogP contribution in [-0.2, 0) is 17.8 Å². The normalized spacial score (nSPS) is 20.6. The first-order valence-corrected chi connectivity index (χ1v) is 9.09. The van der Waals surface area contributed by atoms with Crippen molar-refractivity contribution in [3.05, 3.63) is 64.7 Å². The zero-order chi connectivity index (χ0) is 18.1. The molecule has 1 fully saturated rings. The highest BCUT2D eigenvalue weighted by Crippen LogP contribution is 2.40. The van der Waals surface area contributed by atoms with Crippen molar-refractivity contribution in [2.24, 2.45) is 0 Å². The summed E-state index contributed by atoms with van der Waals surface area (Å²) in [6.45, 7) is 4.58. The van der Waals surface area contributed by atoms with Crippen molar-refractivity contribution in [2.45, 2.75) is 19.1 Å². The van der Waals surface area contributed by atoms with Crippen molar-refractivity contribution < 1.29 is 14.6 Å². The largest absolute Gasteiger partial charge is 0.489 e. The van der Waals surface area contributed by atoms with Gasteiger partial charge in [-0.15, -0.1) is 0 Å². The molecule has 1 N–H and O–H groups in total. The second-order valence-corrected chi connectivity index (χ2v) is 7.17. The van der Waals surface area contributed by atoms with Crippen molar-refractivity contribution in [2.75, 3.05) is 33.2 Å². The van der Waals surface area contributed by atoms with Gasteiger partial charge in [-0.05, 0) is 35.9 Å². The summed E-state index contributed by atoms with van der Waals surface area (Å²) in [5, 5.41) is 9.18. The Morgan fingerprint density at radius 1 is 1.12 bits per heavy atom. The molecule has 0 aromatic heterocycles. The van der Waals surface area contributed by atoms with E-state index in [2.05, 4.69) is 41.1 Å². The molecule has 0 spiro atoms. The number of rotatable bonds is 3. The molecule has 0 amide bonds. The first-order chi connectivity index (χ1) is 12.6. The van der Waals surface area contributed by atoms with Crippen LogP contribution >= 0.6 is 0 Å². The number of piperazine rings is 1. The Morgan fingerprint density at radius 2 is 1.88 bits per heavy atom. The second kappa shape index (κ2) is 7.09. The van der Waals surface area contributed by atoms with Crippen molar-refractivity contribution in [3.8, 4) is 5.75 Å². The van der Waals surface area contributed by atoms with Crippen LogP contribution in [-0.4, -0.2) is 54.1 Å². The summed E-state index contributed by atoms with van der Waals surface area (Å²) >= 11 is 0. The van der Waals surface area contributed by atoms with Crippen LogP contribution in [0.25, 0.3) is 0 Å². The molecule has 0 saturated carbocycles. The lowest BCUT2D eigenvalue weighted by Crippen LogP contribution is -2.46. The van der Waals surface area contributed by atoms with Gasteiger partial charge in [0.05, 0.1) is 12.5 Å². The van der Waals surface area contributed by atoms with Crippen LogP contribution in [0, 0.1) is 0 Å². The molecule has 0 aliphatic carbocycles. The van der Waals surface area contributed by atoms with Crippen LogP contribution in [0.3, 0.4) is 0 Å². The van der Waals surface area contributed by atoms with E-state index in [1.165, 1.54) is 11.1 Å². The second-order valence-electron chi connectivity index (χ2n) is 7.17. The van der Waals surface area contributed by atoms with Gasteiger partial charge in [-0.25, -0.2) is 0 Å². The molecule has 5 nitrogen and oxygen atoms in total. The minimum absolute atomic E-state index is 0.0321. The predicted octanol–water partition coefficient (Wildman–Crippen LogP) is 2.54. The molecule has 1 unspecified atom stereocenters. The minimum Gasteiger partial charge on any atom is -0.489 e. The third-order valence-electron chi connectivity index (χ3n) is 5.36. The first-order valence-electron chi connectivity index (χ1n) is 9.09. The van der Waals surface area contributed by atoms with Crippen LogP contribution in [0.4, 0.5) is 0 Å². The van der Waals surface area contributed by atoms with Gasteiger partial charge in [0.2, 0.25) is 0 Å². The molecule has 0 bridgehead atoms. The van der Waals surface area contributed by atoms with Crippen LogP contribution in [0.15, 0.2) is 42.5 Å². The summed E-state index contributed by atoms with van der Waals surface area (Å²) < 4.78 is 6.09. The number of hydrogen-bond acceptors (Lipinski definition) is 4. The maximum absolute atomic E-state index is 11.2. The van der Waals surface area contributed by atoms with Gasteiger partial charge >= 0.3 is 5.97 Å². The predicted molar refractivity (Wildman–Crippen MR) is 99.5 cm³/mol. The highest BCUT2D eigenvalue weighted by atomic mass is 16.5. The van der Waals surface area contributed by atoms with Gasteiger partial charge < -0.3 is 14.7 Å². The topological polar surface area (TPSA) is 53.0 Å². The van der Waals surface area contributed by atoms with E-state index in [1.807, 2.05) is 18.2 Å². The van der Waals surface area contributed by atoms with Gasteiger partial charge in [0.1, 0.15) is 12.4 Å². The number of carboxylic acid groups (broad SMARTS) is 1. The Balaban J connectivity index is 1.80. The third kappa shape index (κ3) is 3.32. The van der Waals surface area contributed by atoms with E-state index in [4.69, 9.17) is 4.74 Å². The number of carbonyl (C=O) groups is 1. The van der Waals surface area contributed by atoms with Crippen LogP contribution in [0.2, 0.25) is 0 Å². The zero-order valence-corrected chi connectivity index (χ0v) is 15.0. The zero-order valence-electron chi connectivity index (χ0n) is 15.0. The summed E-state index contributed by atoms with van der Waals surface area (Å²) in [7, 11) is 2.15. The number of nitrogens with zero attached hydrogens (tertiary/aromatic N) is 2. The van der Waals surface area contributed by atoms with Crippen LogP contribution in [0.5, 0.6) is 5.75 Å². The molecule has 2 heterocycles. The summed E-state index contributed by atoms with van der Waals surface area (Å²) in [5.41, 5.74) is 4.37. The number of ether oxygens (including phenoxy) is 1. The Bertz CT molecular complexity index is 813. The molecule has 0 radical (unpaired) electrons. The van der Waals surface area contributed by atoms with E-state index in [0.717, 1.165) is 43.1 Å². The monoisotopic (exact) mass is 352 g/mol. The van der Waals surface area contributed by atoms with Gasteiger partial charge in [0, 0.05) is 31.7 Å². The van der Waals surface area contributed by atoms with E-state index in [-0.39, 0.29) is 12.5 Å². The van der Waals surface area contributed by atoms with Gasteiger partial charge in [-0.2, -0.15) is 0 Å². The molecular formula is C21H24N2O3. The highest BCUT2D eigenvalue weighted by molar-refractivity contribution is 5.70. The molecule has 4 rings (SSSR count). The van der Waals surface area contributed by atoms with E-state index in [1.54, 1.807) is 0 Å². The van der Waals surface area contributed by atoms with Crippen molar-refractivity contribution >= 4 is 5.97 Å². The van der Waals surface area contributed by atoms with Gasteiger partial charge in [-0.1, -0.05) is 30.3 Å². The first kappa shape index (κ1) is 17.1. The van der Waals surface area contributed by atoms with E-state index >= 15 is 0 Å². The van der Waals surface area contributed by atoms with Crippen LogP contribution in [0.1, 0.15) is 28.3 Å². The maximum atomic E-state index is 11.2. The average Bonchev–Trinajstić information content (AvgIpc) is 2.79. The van der Waals surface area contributed by atoms with Crippen molar-refractivity contribution in [3.63, 3.8) is 0 Å². The molecule has 5 heteroatoms. The van der Waals surface area contributed by atoms with Crippen molar-refractivity contribution in [1.29, 1.82) is 0 Å². The Hall–Kier alpha value is -2.37. The third-order valence-corrected chi connectivity index (χ3v) is 5.36. The fourth-order valence-electron chi connectivity index (χ4n) is 3.96. The number of hydrogen-bond donors (Lipinski definition) is 1. The van der Waals surface area contributed by atoms with Gasteiger partial charge in [0.25, 0.3) is 0 Å². The molecule has 2 aromatic rings. The fraction of sp³-hybridized carbons (Fsp3) is 0.381. The Kier molecular flexibility index (Phi) is 4.66. The van der Waals surface area contributed by atoms with Crippen LogP contribution < -0.4 is 4.74 Å². The molecule has 136 valence electrons. The molecule has 2 aliphatic rings.